The van der Waals surface area contributed by atoms with E-state index in [-0.39, 0.29) is 12.2 Å². The van der Waals surface area contributed by atoms with Crippen molar-refractivity contribution in [1.82, 2.24) is 0 Å². The third-order valence-corrected chi connectivity index (χ3v) is 2.60. The maximum absolute atomic E-state index is 12.6. The van der Waals surface area contributed by atoms with Crippen molar-refractivity contribution >= 4 is 0 Å². The summed E-state index contributed by atoms with van der Waals surface area (Å²) in [6.07, 6.45) is -2.51. The number of alkyl halides is 2. The molecule has 1 rings (SSSR count). The van der Waals surface area contributed by atoms with Crippen molar-refractivity contribution in [3.8, 4) is 5.75 Å². The number of ether oxygens (including phenoxy) is 1. The van der Waals surface area contributed by atoms with Gasteiger partial charge in [-0.3, -0.25) is 0 Å². The molecule has 4 heteroatoms. The van der Waals surface area contributed by atoms with Crippen molar-refractivity contribution < 1.29 is 18.6 Å². The van der Waals surface area contributed by atoms with Crippen LogP contribution in [0.2, 0.25) is 0 Å². The number of aliphatic hydroxyl groups is 1. The number of rotatable bonds is 4. The Balaban J connectivity index is 3.27. The number of hydrogen-bond donors (Lipinski definition) is 1. The fraction of sp³-hybridized carbons (Fsp3) is 0.500. The molecule has 0 fully saturated rings. The molecule has 16 heavy (non-hydrogen) atoms. The molecule has 1 aromatic carbocycles. The van der Waals surface area contributed by atoms with Gasteiger partial charge in [-0.1, -0.05) is 13.8 Å². The van der Waals surface area contributed by atoms with Crippen molar-refractivity contribution in [2.45, 2.75) is 25.7 Å². The largest absolute Gasteiger partial charge is 0.496 e. The van der Waals surface area contributed by atoms with Gasteiger partial charge in [0, 0.05) is 16.5 Å². The topological polar surface area (TPSA) is 29.5 Å². The molecule has 0 aliphatic carbocycles. The quantitative estimate of drug-likeness (QED) is 0.861. The Kier molecular flexibility index (Phi) is 3.86. The summed E-state index contributed by atoms with van der Waals surface area (Å²) in [6.45, 7) is 3.43. The van der Waals surface area contributed by atoms with Crippen LogP contribution in [0.5, 0.6) is 5.75 Å². The Morgan fingerprint density at radius 3 is 2.44 bits per heavy atom. The summed E-state index contributed by atoms with van der Waals surface area (Å²) in [5.74, 6) is 0.517. The number of methoxy groups -OCH3 is 1. The zero-order valence-electron chi connectivity index (χ0n) is 9.63. The van der Waals surface area contributed by atoms with E-state index < -0.39 is 11.8 Å². The molecule has 1 aromatic rings. The van der Waals surface area contributed by atoms with Crippen LogP contribution in [-0.4, -0.2) is 18.8 Å². The summed E-state index contributed by atoms with van der Waals surface area (Å²) in [6, 6.07) is 4.23. The first-order valence-electron chi connectivity index (χ1n) is 5.00. The monoisotopic (exact) mass is 230 g/mol. The van der Waals surface area contributed by atoms with Crippen LogP contribution in [0.25, 0.3) is 0 Å². The van der Waals surface area contributed by atoms with Crippen molar-refractivity contribution in [2.75, 3.05) is 13.7 Å². The summed E-state index contributed by atoms with van der Waals surface area (Å²) in [5.41, 5.74) is -0.0661. The Bertz CT molecular complexity index is 362. The standard InChI is InChI=1S/C12H16F2O2/c1-12(2,7-15)9-6-8(11(13)14)4-5-10(9)16-3/h4-6,11,15H,7H2,1-3H3. The Hall–Kier alpha value is -1.16. The normalized spacial score (nSPS) is 11.9. The molecule has 0 aliphatic rings. The van der Waals surface area contributed by atoms with Gasteiger partial charge in [-0.15, -0.1) is 0 Å². The molecule has 0 saturated carbocycles. The lowest BCUT2D eigenvalue weighted by Gasteiger charge is -2.25. The number of hydrogen-bond acceptors (Lipinski definition) is 2. The molecule has 2 nitrogen and oxygen atoms in total. The van der Waals surface area contributed by atoms with Gasteiger partial charge in [-0.2, -0.15) is 0 Å². The molecule has 0 aromatic heterocycles. The minimum Gasteiger partial charge on any atom is -0.496 e. The van der Waals surface area contributed by atoms with Crippen LogP contribution in [0.4, 0.5) is 8.78 Å². The molecule has 0 unspecified atom stereocenters. The molecule has 0 amide bonds. The van der Waals surface area contributed by atoms with Crippen LogP contribution >= 0.6 is 0 Å². The van der Waals surface area contributed by atoms with E-state index in [1.165, 1.54) is 25.3 Å². The molecule has 0 atom stereocenters. The van der Waals surface area contributed by atoms with E-state index in [9.17, 15) is 13.9 Å². The molecule has 1 N–H and O–H groups in total. The second-order valence-corrected chi connectivity index (χ2v) is 4.30. The maximum atomic E-state index is 12.6. The van der Waals surface area contributed by atoms with E-state index in [1.807, 2.05) is 0 Å². The van der Waals surface area contributed by atoms with Gasteiger partial charge in [0.2, 0.25) is 0 Å². The SMILES string of the molecule is COc1ccc(C(F)F)cc1C(C)(C)CO. The summed E-state index contributed by atoms with van der Waals surface area (Å²) < 4.78 is 30.3. The fourth-order valence-corrected chi connectivity index (χ4v) is 1.48. The Morgan fingerprint density at radius 1 is 1.38 bits per heavy atom. The first-order valence-corrected chi connectivity index (χ1v) is 5.00. The van der Waals surface area contributed by atoms with Gasteiger partial charge in [0.05, 0.1) is 13.7 Å². The van der Waals surface area contributed by atoms with E-state index >= 15 is 0 Å². The molecule has 0 spiro atoms. The number of halogens is 2. The lowest BCUT2D eigenvalue weighted by atomic mass is 9.84. The summed E-state index contributed by atoms with van der Waals surface area (Å²) in [7, 11) is 1.48. The van der Waals surface area contributed by atoms with Gasteiger partial charge < -0.3 is 9.84 Å². The Labute approximate surface area is 93.9 Å². The average molecular weight is 230 g/mol. The first-order chi connectivity index (χ1) is 7.42. The van der Waals surface area contributed by atoms with Crippen molar-refractivity contribution in [2.24, 2.45) is 0 Å². The highest BCUT2D eigenvalue weighted by atomic mass is 19.3. The molecule has 0 bridgehead atoms. The predicted molar refractivity (Wildman–Crippen MR) is 58.1 cm³/mol. The summed E-state index contributed by atoms with van der Waals surface area (Å²) in [5, 5.41) is 9.25. The van der Waals surface area contributed by atoms with Crippen molar-refractivity contribution in [1.29, 1.82) is 0 Å². The minimum atomic E-state index is -2.51. The molecule has 0 radical (unpaired) electrons. The van der Waals surface area contributed by atoms with Gasteiger partial charge >= 0.3 is 0 Å². The molecular weight excluding hydrogens is 214 g/mol. The second-order valence-electron chi connectivity index (χ2n) is 4.30. The fourth-order valence-electron chi connectivity index (χ4n) is 1.48. The molecular formula is C12H16F2O2. The number of benzene rings is 1. The lowest BCUT2D eigenvalue weighted by Crippen LogP contribution is -2.23. The average Bonchev–Trinajstić information content (AvgIpc) is 2.28. The third kappa shape index (κ3) is 2.50. The summed E-state index contributed by atoms with van der Waals surface area (Å²) >= 11 is 0. The third-order valence-electron chi connectivity index (χ3n) is 2.60. The second kappa shape index (κ2) is 4.78. The van der Waals surface area contributed by atoms with Crippen LogP contribution in [0.15, 0.2) is 18.2 Å². The van der Waals surface area contributed by atoms with E-state index in [4.69, 9.17) is 4.74 Å². The first kappa shape index (κ1) is 12.9. The minimum absolute atomic E-state index is 0.0580. The highest BCUT2D eigenvalue weighted by Crippen LogP contribution is 2.34. The smallest absolute Gasteiger partial charge is 0.263 e. The molecule has 0 aliphatic heterocycles. The summed E-state index contributed by atoms with van der Waals surface area (Å²) in [4.78, 5) is 0. The van der Waals surface area contributed by atoms with Gasteiger partial charge in [0.25, 0.3) is 6.43 Å². The highest BCUT2D eigenvalue weighted by Gasteiger charge is 2.25. The van der Waals surface area contributed by atoms with Crippen LogP contribution in [0, 0.1) is 0 Å². The molecule has 0 heterocycles. The zero-order valence-corrected chi connectivity index (χ0v) is 9.63. The molecule has 0 saturated heterocycles. The van der Waals surface area contributed by atoms with Gasteiger partial charge in [-0.25, -0.2) is 8.78 Å². The van der Waals surface area contributed by atoms with Gasteiger partial charge in [-0.05, 0) is 18.2 Å². The lowest BCUT2D eigenvalue weighted by molar-refractivity contribution is 0.150. The van der Waals surface area contributed by atoms with Crippen LogP contribution < -0.4 is 4.74 Å². The zero-order chi connectivity index (χ0) is 12.3. The van der Waals surface area contributed by atoms with Crippen LogP contribution in [0.1, 0.15) is 31.4 Å². The van der Waals surface area contributed by atoms with Gasteiger partial charge in [0.1, 0.15) is 5.75 Å². The van der Waals surface area contributed by atoms with Crippen molar-refractivity contribution in [3.63, 3.8) is 0 Å². The van der Waals surface area contributed by atoms with E-state index in [0.29, 0.717) is 11.3 Å². The van der Waals surface area contributed by atoms with Gasteiger partial charge in [0.15, 0.2) is 0 Å². The van der Waals surface area contributed by atoms with E-state index in [1.54, 1.807) is 13.8 Å². The van der Waals surface area contributed by atoms with Crippen molar-refractivity contribution in [3.05, 3.63) is 29.3 Å². The predicted octanol–water partition coefficient (Wildman–Crippen LogP) is 2.90. The van der Waals surface area contributed by atoms with Crippen LogP contribution in [-0.2, 0) is 5.41 Å². The van der Waals surface area contributed by atoms with E-state index in [2.05, 4.69) is 0 Å². The highest BCUT2D eigenvalue weighted by molar-refractivity contribution is 5.42. The Morgan fingerprint density at radius 2 is 2.00 bits per heavy atom. The molecule has 90 valence electrons. The number of aliphatic hydroxyl groups excluding tert-OH is 1. The van der Waals surface area contributed by atoms with E-state index in [0.717, 1.165) is 0 Å². The van der Waals surface area contributed by atoms with Crippen LogP contribution in [0.3, 0.4) is 0 Å². The maximum Gasteiger partial charge on any atom is 0.263 e.